The second kappa shape index (κ2) is 12.8. The third-order valence-corrected chi connectivity index (χ3v) is 8.13. The van der Waals surface area contributed by atoms with Gasteiger partial charge in [0.05, 0.1) is 26.0 Å². The molecule has 10 nitrogen and oxygen atoms in total. The first-order valence-electron chi connectivity index (χ1n) is 11.8. The van der Waals surface area contributed by atoms with Crippen molar-refractivity contribution in [3.63, 3.8) is 0 Å². The molecule has 0 saturated heterocycles. The number of halogens is 8. The first-order valence-corrected chi connectivity index (χ1v) is 14.3. The molecule has 3 rings (SSSR count). The predicted octanol–water partition coefficient (Wildman–Crippen LogP) is 4.58. The van der Waals surface area contributed by atoms with Crippen LogP contribution in [-0.4, -0.2) is 60.5 Å². The highest BCUT2D eigenvalue weighted by Gasteiger charge is 2.40. The Labute approximate surface area is 249 Å². The molecule has 1 aromatic carbocycles. The fraction of sp³-hybridized carbons (Fsp3) is 0.250. The third kappa shape index (κ3) is 8.17. The maximum Gasteiger partial charge on any atom is 0.472 e. The second-order valence-electron chi connectivity index (χ2n) is 8.55. The van der Waals surface area contributed by atoms with Crippen LogP contribution in [0.25, 0.3) is 5.82 Å². The van der Waals surface area contributed by atoms with E-state index in [-0.39, 0.29) is 32.7 Å². The smallest absolute Gasteiger partial charge is 0.348 e. The Kier molecular flexibility index (Phi) is 10.0. The van der Waals surface area contributed by atoms with Gasteiger partial charge >= 0.3 is 18.3 Å². The van der Waals surface area contributed by atoms with E-state index in [2.05, 4.69) is 20.7 Å². The molecule has 0 bridgehead atoms. The van der Waals surface area contributed by atoms with Gasteiger partial charge in [-0.05, 0) is 36.8 Å². The lowest BCUT2D eigenvalue weighted by molar-refractivity contribution is -0.171. The van der Waals surface area contributed by atoms with Crippen molar-refractivity contribution in [2.45, 2.75) is 26.2 Å². The number of carbonyl (C=O) groups excluding carboxylic acids is 3. The van der Waals surface area contributed by atoms with Crippen LogP contribution in [0.15, 0.2) is 36.5 Å². The van der Waals surface area contributed by atoms with Gasteiger partial charge in [-0.1, -0.05) is 30.1 Å². The number of carbonyl (C=O) groups is 3. The minimum Gasteiger partial charge on any atom is -0.348 e. The molecule has 1 unspecified atom stereocenters. The van der Waals surface area contributed by atoms with E-state index in [4.69, 9.17) is 23.2 Å². The molecule has 19 heteroatoms. The maximum atomic E-state index is 13.5. The van der Waals surface area contributed by atoms with Gasteiger partial charge in [0.25, 0.3) is 11.8 Å². The first kappa shape index (κ1) is 33.7. The number of hydrogen-bond acceptors (Lipinski definition) is 6. The van der Waals surface area contributed by atoms with E-state index in [1.807, 2.05) is 0 Å². The van der Waals surface area contributed by atoms with Crippen LogP contribution in [0.2, 0.25) is 10.0 Å². The zero-order valence-corrected chi connectivity index (χ0v) is 24.2. The average molecular weight is 673 g/mol. The van der Waals surface area contributed by atoms with Crippen molar-refractivity contribution in [3.05, 3.63) is 69.1 Å². The Balaban J connectivity index is 1.95. The molecule has 0 saturated carbocycles. The third-order valence-electron chi connectivity index (χ3n) is 5.52. The van der Waals surface area contributed by atoms with Gasteiger partial charge in [0.1, 0.15) is 5.69 Å². The normalized spacial score (nSPS) is 13.2. The lowest BCUT2D eigenvalue weighted by Gasteiger charge is -2.16. The summed E-state index contributed by atoms with van der Waals surface area (Å²) in [6.45, 7) is 2.08. The van der Waals surface area contributed by atoms with Crippen LogP contribution in [0.3, 0.4) is 0 Å². The van der Waals surface area contributed by atoms with Crippen molar-refractivity contribution >= 4 is 61.7 Å². The highest BCUT2D eigenvalue weighted by atomic mass is 35.5. The Morgan fingerprint density at radius 3 is 2.33 bits per heavy atom. The van der Waals surface area contributed by atoms with Gasteiger partial charge in [0.2, 0.25) is 0 Å². The molecule has 3 amide bonds. The van der Waals surface area contributed by atoms with Gasteiger partial charge in [-0.25, -0.2) is 13.9 Å². The minimum absolute atomic E-state index is 0.0177. The average Bonchev–Trinajstić information content (AvgIpc) is 3.36. The summed E-state index contributed by atoms with van der Waals surface area (Å²) in [5, 5.41) is 8.72. The Morgan fingerprint density at radius 1 is 1.07 bits per heavy atom. The topological polar surface area (TPSA) is 135 Å². The van der Waals surface area contributed by atoms with Crippen molar-refractivity contribution in [1.82, 2.24) is 24.8 Å². The maximum absolute atomic E-state index is 13.5. The molecule has 0 radical (unpaired) electrons. The molecule has 0 aliphatic carbocycles. The van der Waals surface area contributed by atoms with Gasteiger partial charge < -0.3 is 10.6 Å². The summed E-state index contributed by atoms with van der Waals surface area (Å²) in [6, 6.07) is 5.62. The van der Waals surface area contributed by atoms with Crippen LogP contribution < -0.4 is 15.4 Å². The van der Waals surface area contributed by atoms with E-state index in [9.17, 15) is 44.9 Å². The van der Waals surface area contributed by atoms with E-state index in [1.54, 1.807) is 0 Å². The van der Waals surface area contributed by atoms with Crippen LogP contribution in [0.5, 0.6) is 0 Å². The van der Waals surface area contributed by atoms with Crippen molar-refractivity contribution < 1.29 is 44.9 Å². The van der Waals surface area contributed by atoms with Crippen LogP contribution in [0.1, 0.15) is 39.0 Å². The van der Waals surface area contributed by atoms with Crippen LogP contribution in [-0.2, 0) is 20.7 Å². The quantitative estimate of drug-likeness (QED) is 0.237. The molecule has 2 aromatic heterocycles. The van der Waals surface area contributed by atoms with Crippen molar-refractivity contribution in [1.29, 1.82) is 0 Å². The second-order valence-corrected chi connectivity index (χ2v) is 12.0. The predicted molar refractivity (Wildman–Crippen MR) is 147 cm³/mol. The number of benzene rings is 1. The fourth-order valence-corrected chi connectivity index (χ4v) is 5.17. The molecule has 0 fully saturated rings. The van der Waals surface area contributed by atoms with Crippen molar-refractivity contribution in [3.8, 4) is 5.82 Å². The molecule has 2 heterocycles. The van der Waals surface area contributed by atoms with Gasteiger partial charge in [0.15, 0.2) is 11.5 Å². The highest BCUT2D eigenvalue weighted by Crippen LogP contribution is 2.32. The monoisotopic (exact) mass is 672 g/mol. The molecule has 43 heavy (non-hydrogen) atoms. The van der Waals surface area contributed by atoms with Gasteiger partial charge in [-0.2, -0.15) is 31.4 Å². The number of aromatic nitrogens is 3. The van der Waals surface area contributed by atoms with Crippen LogP contribution in [0, 0.1) is 6.92 Å². The number of nitrogens with one attached hydrogen (secondary N) is 3. The van der Waals surface area contributed by atoms with E-state index < -0.39 is 63.5 Å². The molecule has 0 aliphatic heterocycles. The number of amides is 3. The highest BCUT2D eigenvalue weighted by molar-refractivity contribution is 8.00. The zero-order valence-electron chi connectivity index (χ0n) is 21.9. The number of hydrogen-bond donors (Lipinski definition) is 3. The number of pyridine rings is 1. The van der Waals surface area contributed by atoms with E-state index in [1.165, 1.54) is 43.0 Å². The van der Waals surface area contributed by atoms with Gasteiger partial charge in [-0.15, -0.1) is 0 Å². The summed E-state index contributed by atoms with van der Waals surface area (Å²) in [6.07, 6.45) is -9.03. The number of rotatable bonds is 8. The standard InChI is InChI=1S/C24H20Cl2F6N6O4S/c1-3-43(42,37-22(41)24(30,31)32)8-7-34-20(39)14-10-13(25)9-12(2)18(14)35-21(40)16-11-17(23(27,28)29)36-38(16)19-15(26)5-4-6-33-19/h4-6,8-11H,3,7H2,1-2H3,(H,34,39)(H,35,40)(H,37,41,42). The van der Waals surface area contributed by atoms with Gasteiger partial charge in [-0.3, -0.25) is 19.1 Å². The number of nitrogens with zero attached hydrogens (tertiary/aromatic N) is 3. The van der Waals surface area contributed by atoms with E-state index in [0.717, 1.165) is 11.4 Å². The summed E-state index contributed by atoms with van der Waals surface area (Å²) < 4.78 is 92.9. The van der Waals surface area contributed by atoms with E-state index in [0.29, 0.717) is 10.7 Å². The molecular formula is C24H20Cl2F6N6O4S. The fourth-order valence-electron chi connectivity index (χ4n) is 3.45. The minimum atomic E-state index is -5.29. The summed E-state index contributed by atoms with van der Waals surface area (Å²) >= 11 is 12.1. The Morgan fingerprint density at radius 2 is 1.74 bits per heavy atom. The largest absolute Gasteiger partial charge is 0.472 e. The SMILES string of the molecule is CCS(=O)(=CCNC(=O)c1cc(Cl)cc(C)c1NC(=O)c1cc(C(F)(F)F)nn1-c1ncccc1Cl)NC(=O)C(F)(F)F. The molecule has 0 spiro atoms. The molecule has 0 aliphatic rings. The summed E-state index contributed by atoms with van der Waals surface area (Å²) in [7, 11) is -3.69. The molecule has 232 valence electrons. The summed E-state index contributed by atoms with van der Waals surface area (Å²) in [5.41, 5.74) is -2.38. The van der Waals surface area contributed by atoms with E-state index >= 15 is 0 Å². The number of alkyl halides is 6. The first-order chi connectivity index (χ1) is 19.9. The summed E-state index contributed by atoms with van der Waals surface area (Å²) in [4.78, 5) is 41.4. The molecular weight excluding hydrogens is 653 g/mol. The van der Waals surface area contributed by atoms with Gasteiger partial charge in [0, 0.05) is 35.0 Å². The zero-order chi connectivity index (χ0) is 32.3. The van der Waals surface area contributed by atoms with Crippen molar-refractivity contribution in [2.75, 3.05) is 17.6 Å². The Bertz CT molecular complexity index is 1700. The van der Waals surface area contributed by atoms with Crippen LogP contribution >= 0.6 is 23.2 Å². The Hall–Kier alpha value is -3.83. The van der Waals surface area contributed by atoms with Crippen LogP contribution in [0.4, 0.5) is 32.0 Å². The molecule has 3 N–H and O–H groups in total. The summed E-state index contributed by atoms with van der Waals surface area (Å²) in [5.74, 6) is -5.26. The molecule has 1 atom stereocenters. The number of aryl methyl sites for hydroxylation is 1. The number of anilines is 1. The lowest BCUT2D eigenvalue weighted by Crippen LogP contribution is -2.43. The van der Waals surface area contributed by atoms with Crippen molar-refractivity contribution in [2.24, 2.45) is 0 Å². The molecule has 3 aromatic rings. The lowest BCUT2D eigenvalue weighted by atomic mass is 10.1.